The van der Waals surface area contributed by atoms with Crippen LogP contribution in [0.2, 0.25) is 0 Å². The van der Waals surface area contributed by atoms with Gasteiger partial charge in [-0.2, -0.15) is 11.8 Å². The number of anilines is 1. The molecule has 0 unspecified atom stereocenters. The van der Waals surface area contributed by atoms with E-state index in [0.717, 1.165) is 5.69 Å². The molecule has 3 nitrogen and oxygen atoms in total. The van der Waals surface area contributed by atoms with Gasteiger partial charge < -0.3 is 11.1 Å². The lowest BCUT2D eigenvalue weighted by atomic mass is 10.2. The molecule has 0 spiro atoms. The van der Waals surface area contributed by atoms with Gasteiger partial charge in [-0.25, -0.2) is 0 Å². The van der Waals surface area contributed by atoms with Gasteiger partial charge in [0.15, 0.2) is 5.96 Å². The lowest BCUT2D eigenvalue weighted by molar-refractivity contribution is 0.726. The highest BCUT2D eigenvalue weighted by atomic mass is 32.2. The van der Waals surface area contributed by atoms with E-state index in [1.807, 2.05) is 30.3 Å². The molecule has 0 radical (unpaired) electrons. The molecule has 1 rings (SSSR count). The van der Waals surface area contributed by atoms with Crippen LogP contribution in [0.3, 0.4) is 0 Å². The highest BCUT2D eigenvalue weighted by molar-refractivity contribution is 7.99. The molecular formula is C12H19N3S. The first-order valence-electron chi connectivity index (χ1n) is 5.21. The summed E-state index contributed by atoms with van der Waals surface area (Å²) in [5.74, 6) is 0.466. The van der Waals surface area contributed by atoms with Gasteiger partial charge in [0.05, 0.1) is 6.54 Å². The Morgan fingerprint density at radius 1 is 1.38 bits per heavy atom. The topological polar surface area (TPSA) is 50.4 Å². The Labute approximate surface area is 102 Å². The van der Waals surface area contributed by atoms with Gasteiger partial charge in [-0.05, 0) is 32.2 Å². The Hall–Kier alpha value is -1.16. The van der Waals surface area contributed by atoms with Gasteiger partial charge in [0, 0.05) is 10.4 Å². The molecule has 3 N–H and O–H groups in total. The van der Waals surface area contributed by atoms with Gasteiger partial charge in [0.1, 0.15) is 0 Å². The monoisotopic (exact) mass is 237 g/mol. The summed E-state index contributed by atoms with van der Waals surface area (Å²) in [7, 11) is 0. The molecule has 4 heteroatoms. The summed E-state index contributed by atoms with van der Waals surface area (Å²) in [5.41, 5.74) is 6.76. The van der Waals surface area contributed by atoms with E-state index in [0.29, 0.717) is 12.5 Å². The lowest BCUT2D eigenvalue weighted by Gasteiger charge is -2.19. The van der Waals surface area contributed by atoms with Gasteiger partial charge in [0.2, 0.25) is 0 Å². The third-order valence-electron chi connectivity index (χ3n) is 2.23. The van der Waals surface area contributed by atoms with Crippen molar-refractivity contribution >= 4 is 23.4 Å². The number of hydrogen-bond acceptors (Lipinski definition) is 2. The van der Waals surface area contributed by atoms with Crippen LogP contribution in [0, 0.1) is 0 Å². The molecule has 0 bridgehead atoms. The van der Waals surface area contributed by atoms with E-state index in [4.69, 9.17) is 5.73 Å². The van der Waals surface area contributed by atoms with Crippen molar-refractivity contribution in [2.24, 2.45) is 10.7 Å². The van der Waals surface area contributed by atoms with E-state index in [2.05, 4.69) is 30.4 Å². The molecule has 88 valence electrons. The second kappa shape index (κ2) is 5.80. The van der Waals surface area contributed by atoms with Crippen molar-refractivity contribution in [1.29, 1.82) is 0 Å². The molecule has 0 saturated heterocycles. The highest BCUT2D eigenvalue weighted by Crippen LogP contribution is 2.20. The number of hydrogen-bond donors (Lipinski definition) is 2. The van der Waals surface area contributed by atoms with Crippen LogP contribution in [0.25, 0.3) is 0 Å². The first-order valence-corrected chi connectivity index (χ1v) is 6.43. The fourth-order valence-electron chi connectivity index (χ4n) is 1.05. The average Bonchev–Trinajstić information content (AvgIpc) is 2.28. The van der Waals surface area contributed by atoms with E-state index in [1.54, 1.807) is 11.8 Å². The van der Waals surface area contributed by atoms with E-state index < -0.39 is 0 Å². The van der Waals surface area contributed by atoms with Crippen LogP contribution in [0.1, 0.15) is 13.8 Å². The Bertz CT molecular complexity index is 347. The number of nitrogens with two attached hydrogens (primary N) is 1. The maximum absolute atomic E-state index is 5.80. The molecule has 0 heterocycles. The first-order chi connectivity index (χ1) is 7.53. The first kappa shape index (κ1) is 12.9. The summed E-state index contributed by atoms with van der Waals surface area (Å²) in [6.07, 6.45) is 2.08. The number of guanidine groups is 1. The van der Waals surface area contributed by atoms with Gasteiger partial charge in [-0.3, -0.25) is 4.99 Å². The Kier molecular flexibility index (Phi) is 4.68. The van der Waals surface area contributed by atoms with Gasteiger partial charge in [-0.15, -0.1) is 0 Å². The highest BCUT2D eigenvalue weighted by Gasteiger charge is 2.14. The van der Waals surface area contributed by atoms with Gasteiger partial charge in [-0.1, -0.05) is 18.2 Å². The van der Waals surface area contributed by atoms with Crippen LogP contribution >= 0.6 is 11.8 Å². The maximum atomic E-state index is 5.80. The van der Waals surface area contributed by atoms with Crippen molar-refractivity contribution in [2.75, 3.05) is 18.1 Å². The second-order valence-electron chi connectivity index (χ2n) is 4.16. The van der Waals surface area contributed by atoms with Crippen molar-refractivity contribution in [1.82, 2.24) is 0 Å². The minimum absolute atomic E-state index is 0.128. The third-order valence-corrected chi connectivity index (χ3v) is 3.46. The van der Waals surface area contributed by atoms with Crippen LogP contribution in [0.15, 0.2) is 35.3 Å². The zero-order chi connectivity index (χ0) is 12.0. The van der Waals surface area contributed by atoms with Gasteiger partial charge >= 0.3 is 0 Å². The summed E-state index contributed by atoms with van der Waals surface area (Å²) < 4.78 is 0.128. The van der Waals surface area contributed by atoms with E-state index in [-0.39, 0.29) is 4.75 Å². The van der Waals surface area contributed by atoms with Crippen molar-refractivity contribution in [2.45, 2.75) is 18.6 Å². The summed E-state index contributed by atoms with van der Waals surface area (Å²) in [6, 6.07) is 9.81. The van der Waals surface area contributed by atoms with Crippen molar-refractivity contribution in [3.05, 3.63) is 30.3 Å². The molecule has 0 aliphatic rings. The SMILES string of the molecule is CSC(C)(C)CN=C(N)Nc1ccccc1. The molecule has 0 aliphatic heterocycles. The summed E-state index contributed by atoms with van der Waals surface area (Å²) in [5, 5.41) is 3.06. The van der Waals surface area contributed by atoms with E-state index >= 15 is 0 Å². The van der Waals surface area contributed by atoms with Crippen LogP contribution in [-0.2, 0) is 0 Å². The lowest BCUT2D eigenvalue weighted by Crippen LogP contribution is -2.26. The van der Waals surface area contributed by atoms with Crippen molar-refractivity contribution in [3.63, 3.8) is 0 Å². The quantitative estimate of drug-likeness (QED) is 0.625. The molecule has 0 amide bonds. The minimum Gasteiger partial charge on any atom is -0.370 e. The molecule has 1 aromatic rings. The van der Waals surface area contributed by atoms with E-state index in [1.165, 1.54) is 0 Å². The third kappa shape index (κ3) is 4.57. The minimum atomic E-state index is 0.128. The maximum Gasteiger partial charge on any atom is 0.193 e. The van der Waals surface area contributed by atoms with Crippen molar-refractivity contribution in [3.8, 4) is 0 Å². The molecule has 0 saturated carbocycles. The van der Waals surface area contributed by atoms with Crippen LogP contribution in [-0.4, -0.2) is 23.5 Å². The fourth-order valence-corrected chi connectivity index (χ4v) is 1.24. The van der Waals surface area contributed by atoms with Crippen LogP contribution in [0.4, 0.5) is 5.69 Å². The number of para-hydroxylation sites is 1. The van der Waals surface area contributed by atoms with Crippen molar-refractivity contribution < 1.29 is 0 Å². The Morgan fingerprint density at radius 3 is 2.56 bits per heavy atom. The summed E-state index contributed by atoms with van der Waals surface area (Å²) >= 11 is 1.78. The smallest absolute Gasteiger partial charge is 0.193 e. The largest absolute Gasteiger partial charge is 0.370 e. The molecular weight excluding hydrogens is 218 g/mol. The number of nitrogens with one attached hydrogen (secondary N) is 1. The Morgan fingerprint density at radius 2 is 2.00 bits per heavy atom. The predicted octanol–water partition coefficient (Wildman–Crippen LogP) is 2.55. The predicted molar refractivity (Wildman–Crippen MR) is 74.1 cm³/mol. The molecule has 0 fully saturated rings. The standard InChI is InChI=1S/C12H19N3S/c1-12(2,16-3)9-14-11(13)15-10-7-5-4-6-8-10/h4-8H,9H2,1-3H3,(H3,13,14,15). The average molecular weight is 237 g/mol. The molecule has 0 aromatic heterocycles. The fraction of sp³-hybridized carbons (Fsp3) is 0.417. The molecule has 16 heavy (non-hydrogen) atoms. The zero-order valence-electron chi connectivity index (χ0n) is 10.0. The molecule has 0 aliphatic carbocycles. The number of aliphatic imine (C=N–C) groups is 1. The number of benzene rings is 1. The number of nitrogens with zero attached hydrogens (tertiary/aromatic N) is 1. The second-order valence-corrected chi connectivity index (χ2v) is 5.67. The van der Waals surface area contributed by atoms with Gasteiger partial charge in [0.25, 0.3) is 0 Å². The Balaban J connectivity index is 2.53. The van der Waals surface area contributed by atoms with Crippen LogP contribution in [0.5, 0.6) is 0 Å². The normalized spacial score (nSPS) is 12.6. The number of rotatable bonds is 4. The summed E-state index contributed by atoms with van der Waals surface area (Å²) in [4.78, 5) is 4.32. The van der Waals surface area contributed by atoms with Crippen LogP contribution < -0.4 is 11.1 Å². The summed E-state index contributed by atoms with van der Waals surface area (Å²) in [6.45, 7) is 5.01. The zero-order valence-corrected chi connectivity index (χ0v) is 10.8. The molecule has 0 atom stereocenters. The number of thioether (sulfide) groups is 1. The molecule has 1 aromatic carbocycles. The van der Waals surface area contributed by atoms with E-state index in [9.17, 15) is 0 Å².